The fourth-order valence-electron chi connectivity index (χ4n) is 2.61. The van der Waals surface area contributed by atoms with Crippen LogP contribution in [0.15, 0.2) is 18.2 Å². The van der Waals surface area contributed by atoms with Gasteiger partial charge in [-0.3, -0.25) is 0 Å². The fourth-order valence-corrected chi connectivity index (χ4v) is 2.61. The van der Waals surface area contributed by atoms with Crippen molar-refractivity contribution in [3.05, 3.63) is 18.2 Å². The van der Waals surface area contributed by atoms with Crippen molar-refractivity contribution in [3.8, 4) is 5.88 Å². The van der Waals surface area contributed by atoms with Crippen molar-refractivity contribution in [1.82, 2.24) is 10.3 Å². The molecule has 1 N–H and O–H groups in total. The SMILES string of the molecule is CCOc1cccc(N2CCC(CCNC)CC2)n1. The van der Waals surface area contributed by atoms with Crippen LogP contribution in [-0.4, -0.2) is 38.3 Å². The fraction of sp³-hybridized carbons (Fsp3) is 0.667. The maximum Gasteiger partial charge on any atom is 0.215 e. The molecule has 0 radical (unpaired) electrons. The molecule has 2 heterocycles. The highest BCUT2D eigenvalue weighted by Crippen LogP contribution is 2.24. The maximum atomic E-state index is 5.47. The molecule has 1 aromatic rings. The summed E-state index contributed by atoms with van der Waals surface area (Å²) < 4.78 is 5.47. The lowest BCUT2D eigenvalue weighted by atomic mass is 9.93. The third kappa shape index (κ3) is 4.10. The summed E-state index contributed by atoms with van der Waals surface area (Å²) in [6.45, 7) is 6.00. The number of piperidine rings is 1. The smallest absolute Gasteiger partial charge is 0.215 e. The van der Waals surface area contributed by atoms with Crippen LogP contribution in [0, 0.1) is 5.92 Å². The molecule has 0 spiro atoms. The Labute approximate surface area is 116 Å². The van der Waals surface area contributed by atoms with Crippen LogP contribution >= 0.6 is 0 Å². The number of hydrogen-bond acceptors (Lipinski definition) is 4. The molecule has 0 unspecified atom stereocenters. The van der Waals surface area contributed by atoms with Crippen LogP contribution in [0.1, 0.15) is 26.2 Å². The van der Waals surface area contributed by atoms with Gasteiger partial charge < -0.3 is 15.0 Å². The topological polar surface area (TPSA) is 37.4 Å². The molecule has 1 aliphatic rings. The summed E-state index contributed by atoms with van der Waals surface area (Å²) >= 11 is 0. The molecule has 0 aromatic carbocycles. The van der Waals surface area contributed by atoms with E-state index in [2.05, 4.69) is 21.3 Å². The number of anilines is 1. The van der Waals surface area contributed by atoms with Crippen LogP contribution in [0.5, 0.6) is 5.88 Å². The number of rotatable bonds is 6. The summed E-state index contributed by atoms with van der Waals surface area (Å²) in [7, 11) is 2.03. The van der Waals surface area contributed by atoms with Gasteiger partial charge in [0, 0.05) is 19.2 Å². The molecule has 0 saturated carbocycles. The molecule has 0 bridgehead atoms. The first-order chi connectivity index (χ1) is 9.33. The second-order valence-corrected chi connectivity index (χ2v) is 5.09. The third-order valence-electron chi connectivity index (χ3n) is 3.74. The van der Waals surface area contributed by atoms with Crippen molar-refractivity contribution < 1.29 is 4.74 Å². The van der Waals surface area contributed by atoms with Crippen molar-refractivity contribution in [2.24, 2.45) is 5.92 Å². The molecular weight excluding hydrogens is 238 g/mol. The first-order valence-corrected chi connectivity index (χ1v) is 7.33. The average Bonchev–Trinajstić information content (AvgIpc) is 2.46. The molecule has 4 heteroatoms. The van der Waals surface area contributed by atoms with Gasteiger partial charge in [0.05, 0.1) is 6.61 Å². The molecule has 0 atom stereocenters. The molecular formula is C15H25N3O. The van der Waals surface area contributed by atoms with E-state index in [1.54, 1.807) is 0 Å². The number of aromatic nitrogens is 1. The lowest BCUT2D eigenvalue weighted by Gasteiger charge is -2.32. The summed E-state index contributed by atoms with van der Waals surface area (Å²) in [5.41, 5.74) is 0. The standard InChI is InChI=1S/C15H25N3O/c1-3-19-15-6-4-5-14(17-15)18-11-8-13(9-12-18)7-10-16-2/h4-6,13,16H,3,7-12H2,1-2H3. The van der Waals surface area contributed by atoms with E-state index in [0.717, 1.165) is 37.3 Å². The summed E-state index contributed by atoms with van der Waals surface area (Å²) in [5, 5.41) is 3.24. The Balaban J connectivity index is 1.88. The van der Waals surface area contributed by atoms with Gasteiger partial charge in [-0.15, -0.1) is 0 Å². The highest BCUT2D eigenvalue weighted by molar-refractivity contribution is 5.41. The van der Waals surface area contributed by atoms with Crippen molar-refractivity contribution >= 4 is 5.82 Å². The minimum atomic E-state index is 0.669. The van der Waals surface area contributed by atoms with E-state index in [1.807, 2.05) is 26.1 Å². The number of nitrogens with zero attached hydrogens (tertiary/aromatic N) is 2. The van der Waals surface area contributed by atoms with E-state index in [4.69, 9.17) is 4.74 Å². The summed E-state index contributed by atoms with van der Waals surface area (Å²) in [6.07, 6.45) is 3.82. The predicted octanol–water partition coefficient (Wildman–Crippen LogP) is 2.31. The molecule has 19 heavy (non-hydrogen) atoms. The van der Waals surface area contributed by atoms with Gasteiger partial charge in [-0.25, -0.2) is 0 Å². The normalized spacial score (nSPS) is 16.6. The van der Waals surface area contributed by atoms with Gasteiger partial charge in [0.25, 0.3) is 0 Å². The molecule has 1 fully saturated rings. The minimum Gasteiger partial charge on any atom is -0.478 e. The van der Waals surface area contributed by atoms with Gasteiger partial charge in [-0.05, 0) is 51.8 Å². The lowest BCUT2D eigenvalue weighted by molar-refractivity contribution is 0.326. The first kappa shape index (κ1) is 14.1. The Kier molecular flexibility index (Phi) is 5.45. The van der Waals surface area contributed by atoms with Crippen molar-refractivity contribution in [2.45, 2.75) is 26.2 Å². The molecule has 106 valence electrons. The molecule has 0 aliphatic carbocycles. The monoisotopic (exact) mass is 263 g/mol. The zero-order chi connectivity index (χ0) is 13.5. The maximum absolute atomic E-state index is 5.47. The highest BCUT2D eigenvalue weighted by atomic mass is 16.5. The van der Waals surface area contributed by atoms with E-state index in [-0.39, 0.29) is 0 Å². The van der Waals surface area contributed by atoms with Crippen LogP contribution in [-0.2, 0) is 0 Å². The van der Waals surface area contributed by atoms with Gasteiger partial charge in [0.1, 0.15) is 5.82 Å². The summed E-state index contributed by atoms with van der Waals surface area (Å²) in [4.78, 5) is 6.94. The highest BCUT2D eigenvalue weighted by Gasteiger charge is 2.19. The van der Waals surface area contributed by atoms with Gasteiger partial charge in [0.2, 0.25) is 5.88 Å². The van der Waals surface area contributed by atoms with Crippen LogP contribution < -0.4 is 15.0 Å². The number of nitrogens with one attached hydrogen (secondary N) is 1. The van der Waals surface area contributed by atoms with Crippen LogP contribution in [0.25, 0.3) is 0 Å². The Morgan fingerprint density at radius 1 is 1.37 bits per heavy atom. The zero-order valence-corrected chi connectivity index (χ0v) is 12.1. The van der Waals surface area contributed by atoms with Crippen molar-refractivity contribution in [1.29, 1.82) is 0 Å². The van der Waals surface area contributed by atoms with Crippen LogP contribution in [0.3, 0.4) is 0 Å². The quantitative estimate of drug-likeness (QED) is 0.854. The van der Waals surface area contributed by atoms with Gasteiger partial charge in [0.15, 0.2) is 0 Å². The van der Waals surface area contributed by atoms with Crippen LogP contribution in [0.2, 0.25) is 0 Å². The Morgan fingerprint density at radius 2 is 2.16 bits per heavy atom. The van der Waals surface area contributed by atoms with Crippen LogP contribution in [0.4, 0.5) is 5.82 Å². The molecule has 1 aliphatic heterocycles. The lowest BCUT2D eigenvalue weighted by Crippen LogP contribution is -2.35. The van der Waals surface area contributed by atoms with Gasteiger partial charge >= 0.3 is 0 Å². The first-order valence-electron chi connectivity index (χ1n) is 7.33. The molecule has 0 amide bonds. The van der Waals surface area contributed by atoms with E-state index < -0.39 is 0 Å². The molecule has 1 saturated heterocycles. The van der Waals surface area contributed by atoms with Crippen molar-refractivity contribution in [2.75, 3.05) is 38.2 Å². The Bertz CT molecular complexity index is 375. The van der Waals surface area contributed by atoms with Gasteiger partial charge in [-0.2, -0.15) is 4.98 Å². The largest absolute Gasteiger partial charge is 0.478 e. The Hall–Kier alpha value is -1.29. The number of hydrogen-bond donors (Lipinski definition) is 1. The number of ether oxygens (including phenoxy) is 1. The minimum absolute atomic E-state index is 0.669. The molecule has 4 nitrogen and oxygen atoms in total. The second-order valence-electron chi connectivity index (χ2n) is 5.09. The summed E-state index contributed by atoms with van der Waals surface area (Å²) in [5.74, 6) is 2.65. The van der Waals surface area contributed by atoms with E-state index >= 15 is 0 Å². The van der Waals surface area contributed by atoms with E-state index in [0.29, 0.717) is 6.61 Å². The predicted molar refractivity (Wildman–Crippen MR) is 78.9 cm³/mol. The molecule has 1 aromatic heterocycles. The third-order valence-corrected chi connectivity index (χ3v) is 3.74. The van der Waals surface area contributed by atoms with Gasteiger partial charge in [-0.1, -0.05) is 6.07 Å². The number of pyridine rings is 1. The molecule has 2 rings (SSSR count). The van der Waals surface area contributed by atoms with Crippen molar-refractivity contribution in [3.63, 3.8) is 0 Å². The van der Waals surface area contributed by atoms with E-state index in [9.17, 15) is 0 Å². The van der Waals surface area contributed by atoms with E-state index in [1.165, 1.54) is 19.3 Å². The average molecular weight is 263 g/mol. The summed E-state index contributed by atoms with van der Waals surface area (Å²) in [6, 6.07) is 6.03. The second kappa shape index (κ2) is 7.34. The Morgan fingerprint density at radius 3 is 2.84 bits per heavy atom. The zero-order valence-electron chi connectivity index (χ0n) is 12.1.